The number of nitrogens with one attached hydrogen (secondary N) is 1. The van der Waals surface area contributed by atoms with E-state index in [-0.39, 0.29) is 11.7 Å². The SMILES string of the molecule is O=C(CSc1ncnc2nc(N3CCCCCC3)sc12)Nc1ccc2c(c1)OCCO2. The highest BCUT2D eigenvalue weighted by Gasteiger charge is 2.18. The van der Waals surface area contributed by atoms with Crippen LogP contribution in [0.25, 0.3) is 10.3 Å². The summed E-state index contributed by atoms with van der Waals surface area (Å²) in [5.41, 5.74) is 1.39. The summed E-state index contributed by atoms with van der Waals surface area (Å²) in [5, 5.41) is 4.71. The molecule has 162 valence electrons. The molecule has 2 aliphatic rings. The zero-order chi connectivity index (χ0) is 21.0. The average molecular weight is 458 g/mol. The fourth-order valence-corrected chi connectivity index (χ4v) is 5.62. The number of ether oxygens (including phenoxy) is 2. The van der Waals surface area contributed by atoms with E-state index in [2.05, 4.69) is 20.2 Å². The lowest BCUT2D eigenvalue weighted by atomic mass is 10.2. The normalized spacial score (nSPS) is 16.2. The van der Waals surface area contributed by atoms with Gasteiger partial charge >= 0.3 is 0 Å². The lowest BCUT2D eigenvalue weighted by Crippen LogP contribution is -2.23. The van der Waals surface area contributed by atoms with Crippen LogP contribution in [0.5, 0.6) is 11.5 Å². The molecule has 1 N–H and O–H groups in total. The molecule has 0 radical (unpaired) electrons. The maximum Gasteiger partial charge on any atom is 0.234 e. The van der Waals surface area contributed by atoms with Crippen LogP contribution in [0.3, 0.4) is 0 Å². The molecule has 2 aliphatic heterocycles. The third-order valence-electron chi connectivity index (χ3n) is 5.19. The summed E-state index contributed by atoms with van der Waals surface area (Å²) in [7, 11) is 0. The molecule has 0 aliphatic carbocycles. The van der Waals surface area contributed by atoms with Crippen molar-refractivity contribution in [2.24, 2.45) is 0 Å². The molecule has 8 nitrogen and oxygen atoms in total. The summed E-state index contributed by atoms with van der Waals surface area (Å²) in [6.07, 6.45) is 6.48. The molecule has 10 heteroatoms. The fraction of sp³-hybridized carbons (Fsp3) is 0.429. The largest absolute Gasteiger partial charge is 0.486 e. The van der Waals surface area contributed by atoms with Gasteiger partial charge in [0.25, 0.3) is 0 Å². The molecule has 4 heterocycles. The van der Waals surface area contributed by atoms with E-state index in [9.17, 15) is 4.79 Å². The number of thioether (sulfide) groups is 1. The Morgan fingerprint density at radius 3 is 2.74 bits per heavy atom. The molecule has 0 bridgehead atoms. The highest BCUT2D eigenvalue weighted by molar-refractivity contribution is 8.00. The van der Waals surface area contributed by atoms with Crippen LogP contribution in [-0.2, 0) is 4.79 Å². The van der Waals surface area contributed by atoms with Gasteiger partial charge in [0.05, 0.1) is 5.75 Å². The first-order chi connectivity index (χ1) is 15.3. The quantitative estimate of drug-likeness (QED) is 0.455. The zero-order valence-electron chi connectivity index (χ0n) is 17.0. The van der Waals surface area contributed by atoms with Gasteiger partial charge in [-0.05, 0) is 25.0 Å². The van der Waals surface area contributed by atoms with Crippen molar-refractivity contribution in [3.05, 3.63) is 24.5 Å². The van der Waals surface area contributed by atoms with Crippen molar-refractivity contribution in [1.29, 1.82) is 0 Å². The van der Waals surface area contributed by atoms with Gasteiger partial charge in [-0.3, -0.25) is 4.79 Å². The third kappa shape index (κ3) is 4.69. The number of nitrogens with zero attached hydrogens (tertiary/aromatic N) is 4. The van der Waals surface area contributed by atoms with Gasteiger partial charge in [0, 0.05) is 24.8 Å². The van der Waals surface area contributed by atoms with Gasteiger partial charge in [0.1, 0.15) is 29.3 Å². The molecular weight excluding hydrogens is 434 g/mol. The first-order valence-corrected chi connectivity index (χ1v) is 12.3. The van der Waals surface area contributed by atoms with Crippen LogP contribution in [-0.4, -0.2) is 52.9 Å². The summed E-state index contributed by atoms with van der Waals surface area (Å²) < 4.78 is 12.0. The number of benzene rings is 1. The molecule has 2 aromatic heterocycles. The van der Waals surface area contributed by atoms with Gasteiger partial charge in [0.2, 0.25) is 5.91 Å². The highest BCUT2D eigenvalue weighted by Crippen LogP contribution is 2.35. The van der Waals surface area contributed by atoms with E-state index in [1.54, 1.807) is 17.4 Å². The van der Waals surface area contributed by atoms with Crippen molar-refractivity contribution in [1.82, 2.24) is 15.0 Å². The van der Waals surface area contributed by atoms with Crippen LogP contribution in [0, 0.1) is 0 Å². The first kappa shape index (κ1) is 20.3. The van der Waals surface area contributed by atoms with E-state index in [1.165, 1.54) is 43.8 Å². The Morgan fingerprint density at radius 1 is 1.10 bits per heavy atom. The molecule has 31 heavy (non-hydrogen) atoms. The molecule has 0 unspecified atom stereocenters. The predicted octanol–water partition coefficient (Wildman–Crippen LogP) is 3.97. The maximum atomic E-state index is 12.5. The summed E-state index contributed by atoms with van der Waals surface area (Å²) >= 11 is 3.02. The van der Waals surface area contributed by atoms with E-state index in [0.29, 0.717) is 36.0 Å². The van der Waals surface area contributed by atoms with Crippen molar-refractivity contribution < 1.29 is 14.3 Å². The fourth-order valence-electron chi connectivity index (χ4n) is 3.67. The van der Waals surface area contributed by atoms with Gasteiger partial charge < -0.3 is 19.7 Å². The topological polar surface area (TPSA) is 89.5 Å². The number of thiazole rings is 1. The Morgan fingerprint density at radius 2 is 1.90 bits per heavy atom. The van der Waals surface area contributed by atoms with Crippen LogP contribution in [0.4, 0.5) is 10.8 Å². The third-order valence-corrected chi connectivity index (χ3v) is 7.42. The van der Waals surface area contributed by atoms with Gasteiger partial charge in [0.15, 0.2) is 22.3 Å². The Bertz CT molecular complexity index is 1080. The molecule has 3 aromatic rings. The molecule has 1 amide bonds. The summed E-state index contributed by atoms with van der Waals surface area (Å²) in [6.45, 7) is 3.12. The van der Waals surface area contributed by atoms with Crippen LogP contribution >= 0.6 is 23.1 Å². The van der Waals surface area contributed by atoms with Crippen molar-refractivity contribution in [3.8, 4) is 11.5 Å². The summed E-state index contributed by atoms with van der Waals surface area (Å²) in [6, 6.07) is 5.42. The number of anilines is 2. The molecule has 5 rings (SSSR count). The molecule has 0 saturated carbocycles. The summed E-state index contributed by atoms with van der Waals surface area (Å²) in [4.78, 5) is 28.3. The lowest BCUT2D eigenvalue weighted by molar-refractivity contribution is -0.113. The number of rotatable bonds is 5. The van der Waals surface area contributed by atoms with E-state index in [1.807, 2.05) is 12.1 Å². The molecular formula is C21H23N5O3S2. The van der Waals surface area contributed by atoms with Gasteiger partial charge in [-0.25, -0.2) is 9.97 Å². The predicted molar refractivity (Wildman–Crippen MR) is 123 cm³/mol. The number of carbonyl (C=O) groups excluding carboxylic acids is 1. The standard InChI is InChI=1S/C21H23N5O3S2/c27-17(24-14-5-6-15-16(11-14)29-10-9-28-15)12-30-20-18-19(22-13-23-20)25-21(31-18)26-7-3-1-2-4-8-26/h5-6,11,13H,1-4,7-10,12H2,(H,24,27). The van der Waals surface area contributed by atoms with E-state index < -0.39 is 0 Å². The van der Waals surface area contributed by atoms with Crippen LogP contribution < -0.4 is 19.7 Å². The Labute approximate surface area is 188 Å². The minimum absolute atomic E-state index is 0.106. The van der Waals surface area contributed by atoms with Crippen LogP contribution in [0.2, 0.25) is 0 Å². The average Bonchev–Trinajstić information content (AvgIpc) is 3.04. The summed E-state index contributed by atoms with van der Waals surface area (Å²) in [5.74, 6) is 1.50. The minimum atomic E-state index is -0.106. The number of aromatic nitrogens is 3. The second-order valence-electron chi connectivity index (χ2n) is 7.42. The molecule has 1 fully saturated rings. The van der Waals surface area contributed by atoms with Crippen molar-refractivity contribution in [2.45, 2.75) is 30.7 Å². The molecule has 1 saturated heterocycles. The minimum Gasteiger partial charge on any atom is -0.486 e. The van der Waals surface area contributed by atoms with E-state index >= 15 is 0 Å². The van der Waals surface area contributed by atoms with Crippen LogP contribution in [0.15, 0.2) is 29.6 Å². The van der Waals surface area contributed by atoms with Gasteiger partial charge in [-0.1, -0.05) is 35.9 Å². The second-order valence-corrected chi connectivity index (χ2v) is 9.37. The van der Waals surface area contributed by atoms with Crippen molar-refractivity contribution in [2.75, 3.05) is 42.3 Å². The highest BCUT2D eigenvalue weighted by atomic mass is 32.2. The van der Waals surface area contributed by atoms with Gasteiger partial charge in [-0.2, -0.15) is 4.98 Å². The molecule has 0 spiro atoms. The smallest absolute Gasteiger partial charge is 0.234 e. The Balaban J connectivity index is 1.25. The zero-order valence-corrected chi connectivity index (χ0v) is 18.6. The lowest BCUT2D eigenvalue weighted by Gasteiger charge is -2.19. The second kappa shape index (κ2) is 9.27. The van der Waals surface area contributed by atoms with Crippen LogP contribution in [0.1, 0.15) is 25.7 Å². The Kier molecular flexibility index (Phi) is 6.08. The number of fused-ring (bicyclic) bond motifs is 2. The molecule has 1 aromatic carbocycles. The van der Waals surface area contributed by atoms with E-state index in [4.69, 9.17) is 14.5 Å². The Hall–Kier alpha value is -2.59. The number of hydrogen-bond acceptors (Lipinski definition) is 9. The van der Waals surface area contributed by atoms with E-state index in [0.717, 1.165) is 27.9 Å². The number of amides is 1. The number of hydrogen-bond donors (Lipinski definition) is 1. The van der Waals surface area contributed by atoms with Crippen molar-refractivity contribution >= 4 is 50.2 Å². The first-order valence-electron chi connectivity index (χ1n) is 10.4. The maximum absolute atomic E-state index is 12.5. The monoisotopic (exact) mass is 457 g/mol. The molecule has 0 atom stereocenters. The van der Waals surface area contributed by atoms with Crippen molar-refractivity contribution in [3.63, 3.8) is 0 Å². The number of carbonyl (C=O) groups is 1. The van der Waals surface area contributed by atoms with Gasteiger partial charge in [-0.15, -0.1) is 0 Å².